The highest BCUT2D eigenvalue weighted by atomic mass is 16.5. The number of pyridine rings is 1. The summed E-state index contributed by atoms with van der Waals surface area (Å²) in [5.41, 5.74) is 1.36. The number of hydrogen-bond donors (Lipinski definition) is 2. The van der Waals surface area contributed by atoms with Gasteiger partial charge in [-0.3, -0.25) is 4.79 Å². The number of nitrogens with one attached hydrogen (secondary N) is 2. The molecule has 20 heavy (non-hydrogen) atoms. The van der Waals surface area contributed by atoms with Crippen molar-refractivity contribution in [2.45, 2.75) is 13.0 Å². The highest BCUT2D eigenvalue weighted by Crippen LogP contribution is 2.06. The first-order chi connectivity index (χ1) is 9.65. The maximum atomic E-state index is 11.9. The molecule has 2 rings (SSSR count). The van der Waals surface area contributed by atoms with Gasteiger partial charge in [-0.2, -0.15) is 4.73 Å². The Morgan fingerprint density at radius 1 is 1.25 bits per heavy atom. The van der Waals surface area contributed by atoms with Gasteiger partial charge in [0.2, 0.25) is 0 Å². The van der Waals surface area contributed by atoms with E-state index in [1.165, 1.54) is 12.4 Å². The molecule has 2 aromatic rings. The summed E-state index contributed by atoms with van der Waals surface area (Å²) in [5, 5.41) is 17.2. The second kappa shape index (κ2) is 6.56. The van der Waals surface area contributed by atoms with Crippen LogP contribution >= 0.6 is 0 Å². The molecule has 1 heterocycles. The monoisotopic (exact) mass is 271 g/mol. The van der Waals surface area contributed by atoms with Crippen molar-refractivity contribution in [3.8, 4) is 0 Å². The highest BCUT2D eigenvalue weighted by Gasteiger charge is 2.10. The Morgan fingerprint density at radius 3 is 2.70 bits per heavy atom. The van der Waals surface area contributed by atoms with Gasteiger partial charge in [0.25, 0.3) is 5.91 Å². The van der Waals surface area contributed by atoms with Crippen molar-refractivity contribution in [2.24, 2.45) is 0 Å². The predicted octanol–water partition coefficient (Wildman–Crippen LogP) is 1.55. The zero-order valence-electron chi connectivity index (χ0n) is 11.2. The summed E-state index contributed by atoms with van der Waals surface area (Å²) in [7, 11) is 0. The molecule has 104 valence electrons. The number of amides is 1. The number of para-hydroxylation sites is 1. The van der Waals surface area contributed by atoms with Crippen molar-refractivity contribution in [1.29, 1.82) is 0 Å². The van der Waals surface area contributed by atoms with Crippen LogP contribution < -0.4 is 15.4 Å². The van der Waals surface area contributed by atoms with E-state index in [0.717, 1.165) is 5.69 Å². The molecule has 0 bridgehead atoms. The van der Waals surface area contributed by atoms with Crippen molar-refractivity contribution >= 4 is 11.6 Å². The molecule has 0 unspecified atom stereocenters. The van der Waals surface area contributed by atoms with Crippen molar-refractivity contribution < 1.29 is 9.52 Å². The van der Waals surface area contributed by atoms with Gasteiger partial charge in [0.1, 0.15) is 5.56 Å². The minimum absolute atomic E-state index is 0.0874. The van der Waals surface area contributed by atoms with Crippen molar-refractivity contribution in [3.05, 3.63) is 65.6 Å². The Morgan fingerprint density at radius 2 is 2.00 bits per heavy atom. The van der Waals surface area contributed by atoms with Gasteiger partial charge in [0.05, 0.1) is 0 Å². The van der Waals surface area contributed by atoms with Crippen LogP contribution in [0.4, 0.5) is 5.69 Å². The van der Waals surface area contributed by atoms with Crippen molar-refractivity contribution in [2.75, 3.05) is 11.9 Å². The smallest absolute Gasteiger partial charge is 0.257 e. The molecule has 0 aliphatic heterocycles. The van der Waals surface area contributed by atoms with Crippen LogP contribution in [0.2, 0.25) is 0 Å². The molecule has 1 aromatic carbocycles. The summed E-state index contributed by atoms with van der Waals surface area (Å²) in [6.07, 6.45) is 2.60. The third-order valence-electron chi connectivity index (χ3n) is 2.79. The largest absolute Gasteiger partial charge is 0.619 e. The molecule has 5 nitrogen and oxygen atoms in total. The van der Waals surface area contributed by atoms with Gasteiger partial charge in [0.15, 0.2) is 12.4 Å². The molecule has 5 heteroatoms. The molecular weight excluding hydrogens is 254 g/mol. The summed E-state index contributed by atoms with van der Waals surface area (Å²) in [4.78, 5) is 11.9. The second-order valence-corrected chi connectivity index (χ2v) is 4.57. The first-order valence-electron chi connectivity index (χ1n) is 6.44. The minimum Gasteiger partial charge on any atom is -0.619 e. The van der Waals surface area contributed by atoms with E-state index in [2.05, 4.69) is 10.6 Å². The summed E-state index contributed by atoms with van der Waals surface area (Å²) < 4.78 is 0.612. The van der Waals surface area contributed by atoms with Gasteiger partial charge >= 0.3 is 0 Å². The van der Waals surface area contributed by atoms with Crippen LogP contribution in [-0.2, 0) is 0 Å². The molecule has 0 fully saturated rings. The van der Waals surface area contributed by atoms with E-state index in [4.69, 9.17) is 0 Å². The third kappa shape index (κ3) is 3.98. The molecule has 0 spiro atoms. The van der Waals surface area contributed by atoms with E-state index in [-0.39, 0.29) is 11.9 Å². The topological polar surface area (TPSA) is 68.1 Å². The van der Waals surface area contributed by atoms with Gasteiger partial charge < -0.3 is 15.8 Å². The van der Waals surface area contributed by atoms with Gasteiger partial charge in [0, 0.05) is 24.3 Å². The van der Waals surface area contributed by atoms with Crippen molar-refractivity contribution in [3.63, 3.8) is 0 Å². The molecule has 0 saturated carbocycles. The number of anilines is 1. The Kier molecular flexibility index (Phi) is 4.55. The zero-order valence-corrected chi connectivity index (χ0v) is 11.2. The van der Waals surface area contributed by atoms with Gasteiger partial charge in [-0.25, -0.2) is 0 Å². The molecule has 1 aromatic heterocycles. The fourth-order valence-electron chi connectivity index (χ4n) is 1.81. The van der Waals surface area contributed by atoms with Crippen LogP contribution in [0.1, 0.15) is 17.3 Å². The normalized spacial score (nSPS) is 11.7. The van der Waals surface area contributed by atoms with Crippen molar-refractivity contribution in [1.82, 2.24) is 5.32 Å². The van der Waals surface area contributed by atoms with E-state index in [1.807, 2.05) is 37.3 Å². The lowest BCUT2D eigenvalue weighted by Gasteiger charge is -2.15. The van der Waals surface area contributed by atoms with Gasteiger partial charge in [-0.05, 0) is 25.1 Å². The lowest BCUT2D eigenvalue weighted by atomic mass is 10.2. The Labute approximate surface area is 117 Å². The van der Waals surface area contributed by atoms with Gasteiger partial charge in [-0.15, -0.1) is 0 Å². The fourth-order valence-corrected chi connectivity index (χ4v) is 1.81. The Balaban J connectivity index is 1.84. The first kappa shape index (κ1) is 13.9. The summed E-state index contributed by atoms with van der Waals surface area (Å²) in [6, 6.07) is 13.0. The number of benzene rings is 1. The number of carbonyl (C=O) groups is 1. The maximum Gasteiger partial charge on any atom is 0.257 e. The highest BCUT2D eigenvalue weighted by molar-refractivity contribution is 5.93. The Hall–Kier alpha value is -2.56. The van der Waals surface area contributed by atoms with Crippen LogP contribution in [0.3, 0.4) is 0 Å². The van der Waals surface area contributed by atoms with Crippen LogP contribution in [0.15, 0.2) is 54.9 Å². The minimum atomic E-state index is -0.253. The van der Waals surface area contributed by atoms with Crippen LogP contribution in [0.5, 0.6) is 0 Å². The molecule has 0 saturated heterocycles. The molecule has 0 aliphatic rings. The van der Waals surface area contributed by atoms with Crippen LogP contribution in [-0.4, -0.2) is 18.5 Å². The number of carbonyl (C=O) groups excluding carboxylic acids is 1. The maximum absolute atomic E-state index is 11.9. The number of aromatic nitrogens is 1. The lowest BCUT2D eigenvalue weighted by molar-refractivity contribution is -0.605. The number of hydrogen-bond acceptors (Lipinski definition) is 3. The zero-order chi connectivity index (χ0) is 14.4. The second-order valence-electron chi connectivity index (χ2n) is 4.57. The fraction of sp³-hybridized carbons (Fsp3) is 0.200. The first-order valence-corrected chi connectivity index (χ1v) is 6.44. The molecule has 0 aliphatic carbocycles. The SMILES string of the molecule is C[C@H](CNC(=O)c1ccc[n+]([O-])c1)Nc1ccccc1. The average molecular weight is 271 g/mol. The average Bonchev–Trinajstić information content (AvgIpc) is 2.46. The van der Waals surface area contributed by atoms with Gasteiger partial charge in [-0.1, -0.05) is 18.2 Å². The molecule has 0 radical (unpaired) electrons. The van der Waals surface area contributed by atoms with E-state index < -0.39 is 0 Å². The quantitative estimate of drug-likeness (QED) is 0.640. The van der Waals surface area contributed by atoms with E-state index >= 15 is 0 Å². The Bertz CT molecular complexity index is 572. The summed E-state index contributed by atoms with van der Waals surface area (Å²) in [5.74, 6) is -0.253. The summed E-state index contributed by atoms with van der Waals surface area (Å²) >= 11 is 0. The van der Waals surface area contributed by atoms with Crippen LogP contribution in [0.25, 0.3) is 0 Å². The van der Waals surface area contributed by atoms with Crippen LogP contribution in [0, 0.1) is 5.21 Å². The number of nitrogens with zero attached hydrogens (tertiary/aromatic N) is 1. The van der Waals surface area contributed by atoms with E-state index in [1.54, 1.807) is 12.1 Å². The number of rotatable bonds is 5. The molecule has 1 atom stereocenters. The third-order valence-corrected chi connectivity index (χ3v) is 2.79. The van der Waals surface area contributed by atoms with E-state index in [0.29, 0.717) is 16.8 Å². The molecule has 1 amide bonds. The summed E-state index contributed by atoms with van der Waals surface area (Å²) in [6.45, 7) is 2.45. The molecule has 2 N–H and O–H groups in total. The molecular formula is C15H17N3O2. The predicted molar refractivity (Wildman–Crippen MR) is 77.3 cm³/mol. The lowest BCUT2D eigenvalue weighted by Crippen LogP contribution is -2.36. The standard InChI is InChI=1S/C15H17N3O2/c1-12(17-14-7-3-2-4-8-14)10-16-15(19)13-6-5-9-18(20)11-13/h2-9,11-12,17H,10H2,1H3,(H,16,19)/t12-/m1/s1. The van der Waals surface area contributed by atoms with E-state index in [9.17, 15) is 10.0 Å².